The minimum Gasteiger partial charge on any atom is -0.362 e. The van der Waals surface area contributed by atoms with Crippen LogP contribution in [0.1, 0.15) is 18.9 Å². The topological polar surface area (TPSA) is 3.24 Å². The molecule has 0 amide bonds. The van der Waals surface area contributed by atoms with Gasteiger partial charge < -0.3 is 4.90 Å². The van der Waals surface area contributed by atoms with Crippen molar-refractivity contribution in [1.29, 1.82) is 0 Å². The van der Waals surface area contributed by atoms with Gasteiger partial charge in [0.2, 0.25) is 0 Å². The van der Waals surface area contributed by atoms with E-state index in [1.807, 2.05) is 19.1 Å². The molecule has 1 aromatic rings. The highest BCUT2D eigenvalue weighted by Crippen LogP contribution is 2.29. The normalized spacial score (nSPS) is 11.7. The van der Waals surface area contributed by atoms with Crippen LogP contribution < -0.4 is 4.90 Å². The zero-order valence-corrected chi connectivity index (χ0v) is 13.1. The molecule has 0 spiro atoms. The summed E-state index contributed by atoms with van der Waals surface area (Å²) >= 11 is 6.61. The monoisotopic (exact) mass is 387 g/mol. The van der Waals surface area contributed by atoms with Crippen molar-refractivity contribution in [2.24, 2.45) is 0 Å². The molecule has 102 valence electrons. The van der Waals surface area contributed by atoms with Crippen molar-refractivity contribution in [1.82, 2.24) is 0 Å². The molecule has 1 rings (SSSR count). The average Bonchev–Trinajstić information content (AvgIpc) is 2.26. The van der Waals surface area contributed by atoms with Crippen LogP contribution in [0.3, 0.4) is 0 Å². The zero-order valence-electron chi connectivity index (χ0n) is 9.90. The fourth-order valence-corrected chi connectivity index (χ4v) is 2.54. The van der Waals surface area contributed by atoms with Crippen molar-refractivity contribution in [3.63, 3.8) is 0 Å². The minimum atomic E-state index is -4.19. The second-order valence-corrected chi connectivity index (χ2v) is 5.42. The van der Waals surface area contributed by atoms with Gasteiger partial charge in [-0.2, -0.15) is 13.2 Å². The van der Waals surface area contributed by atoms with Crippen LogP contribution in [0.15, 0.2) is 22.7 Å². The quantitative estimate of drug-likeness (QED) is 0.632. The number of alkyl halides is 4. The minimum absolute atomic E-state index is 0.385. The van der Waals surface area contributed by atoms with Crippen LogP contribution in [0.4, 0.5) is 18.9 Å². The van der Waals surface area contributed by atoms with Gasteiger partial charge in [-0.3, -0.25) is 0 Å². The van der Waals surface area contributed by atoms with E-state index in [1.165, 1.54) is 4.90 Å². The Morgan fingerprint density at radius 3 is 2.44 bits per heavy atom. The van der Waals surface area contributed by atoms with Crippen molar-refractivity contribution < 1.29 is 13.2 Å². The molecule has 0 aliphatic rings. The van der Waals surface area contributed by atoms with Gasteiger partial charge >= 0.3 is 6.18 Å². The van der Waals surface area contributed by atoms with Crippen LogP contribution in [0, 0.1) is 0 Å². The molecule has 1 aromatic carbocycles. The smallest absolute Gasteiger partial charge is 0.362 e. The van der Waals surface area contributed by atoms with E-state index >= 15 is 0 Å². The van der Waals surface area contributed by atoms with E-state index in [1.54, 1.807) is 6.07 Å². The maximum Gasteiger partial charge on any atom is 0.405 e. The highest BCUT2D eigenvalue weighted by molar-refractivity contribution is 9.10. The average molecular weight is 389 g/mol. The molecular weight excluding hydrogens is 375 g/mol. The van der Waals surface area contributed by atoms with E-state index in [4.69, 9.17) is 0 Å². The number of hydrogen-bond acceptors (Lipinski definition) is 1. The SMILES string of the molecule is CCCN(CC(F)(F)F)c1cc(Br)ccc1CBr. The first-order chi connectivity index (χ1) is 8.37. The molecule has 6 heteroatoms. The summed E-state index contributed by atoms with van der Waals surface area (Å²) in [6.45, 7) is 1.34. The zero-order chi connectivity index (χ0) is 13.8. The lowest BCUT2D eigenvalue weighted by atomic mass is 10.1. The number of hydrogen-bond donors (Lipinski definition) is 0. The number of halogens is 5. The van der Waals surface area contributed by atoms with Gasteiger partial charge in [-0.15, -0.1) is 0 Å². The van der Waals surface area contributed by atoms with E-state index in [9.17, 15) is 13.2 Å². The Hall–Kier alpha value is -0.230. The number of nitrogens with zero attached hydrogens (tertiary/aromatic N) is 1. The molecule has 0 bridgehead atoms. The van der Waals surface area contributed by atoms with Crippen molar-refractivity contribution in [3.05, 3.63) is 28.2 Å². The molecule has 0 atom stereocenters. The summed E-state index contributed by atoms with van der Waals surface area (Å²) in [6, 6.07) is 5.39. The van der Waals surface area contributed by atoms with Crippen molar-refractivity contribution in [2.45, 2.75) is 24.9 Å². The predicted molar refractivity (Wildman–Crippen MR) is 75.3 cm³/mol. The molecule has 0 heterocycles. The molecule has 0 aromatic heterocycles. The molecule has 0 radical (unpaired) electrons. The van der Waals surface area contributed by atoms with Crippen LogP contribution in [-0.2, 0) is 5.33 Å². The summed E-state index contributed by atoms with van der Waals surface area (Å²) in [7, 11) is 0. The third kappa shape index (κ3) is 4.80. The van der Waals surface area contributed by atoms with E-state index in [0.717, 1.165) is 10.0 Å². The molecule has 18 heavy (non-hydrogen) atoms. The molecule has 0 aliphatic heterocycles. The highest BCUT2D eigenvalue weighted by atomic mass is 79.9. The standard InChI is InChI=1S/C12H14Br2F3N/c1-2-5-18(8-12(15,16)17)11-6-10(14)4-3-9(11)7-13/h3-4,6H,2,5,7-8H2,1H3. The van der Waals surface area contributed by atoms with E-state index in [2.05, 4.69) is 31.9 Å². The van der Waals surface area contributed by atoms with Crippen molar-refractivity contribution in [2.75, 3.05) is 18.0 Å². The lowest BCUT2D eigenvalue weighted by Crippen LogP contribution is -2.35. The summed E-state index contributed by atoms with van der Waals surface area (Å²) in [6.07, 6.45) is -3.52. The number of benzene rings is 1. The Labute approximate surface area is 122 Å². The fourth-order valence-electron chi connectivity index (χ4n) is 1.72. The van der Waals surface area contributed by atoms with Crippen LogP contribution >= 0.6 is 31.9 Å². The lowest BCUT2D eigenvalue weighted by Gasteiger charge is -2.27. The van der Waals surface area contributed by atoms with Gasteiger partial charge in [0.15, 0.2) is 0 Å². The Bertz CT molecular complexity index is 393. The van der Waals surface area contributed by atoms with E-state index in [0.29, 0.717) is 24.0 Å². The van der Waals surface area contributed by atoms with E-state index in [-0.39, 0.29) is 0 Å². The van der Waals surface area contributed by atoms with Crippen LogP contribution in [0.5, 0.6) is 0 Å². The lowest BCUT2D eigenvalue weighted by molar-refractivity contribution is -0.119. The number of rotatable bonds is 5. The summed E-state index contributed by atoms with van der Waals surface area (Å²) < 4.78 is 38.5. The molecular formula is C12H14Br2F3N. The van der Waals surface area contributed by atoms with Gasteiger partial charge in [0.1, 0.15) is 6.54 Å². The van der Waals surface area contributed by atoms with Gasteiger partial charge in [0, 0.05) is 22.0 Å². The van der Waals surface area contributed by atoms with Crippen molar-refractivity contribution in [3.8, 4) is 0 Å². The first kappa shape index (κ1) is 15.8. The van der Waals surface area contributed by atoms with Gasteiger partial charge in [-0.1, -0.05) is 44.8 Å². The summed E-state index contributed by atoms with van der Waals surface area (Å²) in [5.41, 5.74) is 1.48. The van der Waals surface area contributed by atoms with Gasteiger partial charge in [-0.05, 0) is 24.1 Å². The second-order valence-electron chi connectivity index (χ2n) is 3.94. The number of anilines is 1. The van der Waals surface area contributed by atoms with E-state index < -0.39 is 12.7 Å². The Balaban J connectivity index is 3.07. The molecule has 0 saturated heterocycles. The Morgan fingerprint density at radius 1 is 1.28 bits per heavy atom. The van der Waals surface area contributed by atoms with Crippen LogP contribution in [0.25, 0.3) is 0 Å². The molecule has 1 nitrogen and oxygen atoms in total. The first-order valence-corrected chi connectivity index (χ1v) is 7.45. The third-order valence-electron chi connectivity index (χ3n) is 2.40. The largest absolute Gasteiger partial charge is 0.405 e. The predicted octanol–water partition coefficient (Wildman–Crippen LogP) is 5.12. The summed E-state index contributed by atoms with van der Waals surface area (Å²) in [5, 5.41) is 0.535. The first-order valence-electron chi connectivity index (χ1n) is 5.53. The molecule has 0 saturated carbocycles. The molecule has 0 unspecified atom stereocenters. The van der Waals surface area contributed by atoms with Crippen molar-refractivity contribution >= 4 is 37.5 Å². The third-order valence-corrected chi connectivity index (χ3v) is 3.49. The van der Waals surface area contributed by atoms with Gasteiger partial charge in [0.25, 0.3) is 0 Å². The highest BCUT2D eigenvalue weighted by Gasteiger charge is 2.31. The molecule has 0 aliphatic carbocycles. The van der Waals surface area contributed by atoms with Gasteiger partial charge in [-0.25, -0.2) is 0 Å². The molecule has 0 fully saturated rings. The van der Waals surface area contributed by atoms with Crippen LogP contribution in [0.2, 0.25) is 0 Å². The maximum atomic E-state index is 12.6. The second kappa shape index (κ2) is 6.80. The molecule has 0 N–H and O–H groups in total. The van der Waals surface area contributed by atoms with Gasteiger partial charge in [0.05, 0.1) is 0 Å². The Kier molecular flexibility index (Phi) is 5.98. The Morgan fingerprint density at radius 2 is 1.94 bits per heavy atom. The maximum absolute atomic E-state index is 12.6. The summed E-state index contributed by atoms with van der Waals surface area (Å²) in [5.74, 6) is 0. The fraction of sp³-hybridized carbons (Fsp3) is 0.500. The van der Waals surface area contributed by atoms with Crippen LogP contribution in [-0.4, -0.2) is 19.3 Å². The summed E-state index contributed by atoms with van der Waals surface area (Å²) in [4.78, 5) is 1.38.